The van der Waals surface area contributed by atoms with Crippen LogP contribution in [-0.4, -0.2) is 12.3 Å². The van der Waals surface area contributed by atoms with E-state index >= 15 is 0 Å². The molecule has 0 N–H and O–H groups in total. The normalized spacial score (nSPS) is 10.4. The Balaban J connectivity index is 2.40. The lowest BCUT2D eigenvalue weighted by Gasteiger charge is -2.02. The summed E-state index contributed by atoms with van der Waals surface area (Å²) in [5, 5.41) is 3.73. The third-order valence-corrected chi connectivity index (χ3v) is 2.41. The third-order valence-electron chi connectivity index (χ3n) is 2.14. The third kappa shape index (κ3) is 2.02. The van der Waals surface area contributed by atoms with E-state index in [-0.39, 0.29) is 5.88 Å². The molecule has 0 aliphatic rings. The van der Waals surface area contributed by atoms with Crippen LogP contribution in [-0.2, 0) is 5.88 Å². The highest BCUT2D eigenvalue weighted by atomic mass is 35.5. The molecule has 0 atom stereocenters. The molecule has 5 heteroatoms. The fraction of sp³-hybridized carbons (Fsp3) is 0.182. The zero-order valence-corrected chi connectivity index (χ0v) is 9.29. The molecule has 1 aromatic carbocycles. The topological polar surface area (TPSA) is 35.3 Å². The molecule has 0 amide bonds. The van der Waals surface area contributed by atoms with Crippen LogP contribution in [0.3, 0.4) is 0 Å². The summed E-state index contributed by atoms with van der Waals surface area (Å²) in [5.74, 6) is 0.771. The van der Waals surface area contributed by atoms with Crippen molar-refractivity contribution >= 4 is 11.6 Å². The maximum absolute atomic E-state index is 13.6. The Bertz CT molecular complexity index is 498. The van der Waals surface area contributed by atoms with Gasteiger partial charge in [0.1, 0.15) is 17.3 Å². The molecule has 1 heterocycles. The van der Waals surface area contributed by atoms with E-state index in [0.717, 1.165) is 0 Å². The summed E-state index contributed by atoms with van der Waals surface area (Å²) < 4.78 is 23.4. The average Bonchev–Trinajstić information content (AvgIpc) is 2.77. The van der Waals surface area contributed by atoms with Gasteiger partial charge in [-0.25, -0.2) is 4.39 Å². The highest BCUT2D eigenvalue weighted by molar-refractivity contribution is 6.16. The van der Waals surface area contributed by atoms with E-state index in [1.165, 1.54) is 13.2 Å². The molecule has 2 aromatic rings. The van der Waals surface area contributed by atoms with Crippen LogP contribution in [0.2, 0.25) is 0 Å². The Kier molecular flexibility index (Phi) is 3.10. The largest absolute Gasteiger partial charge is 0.497 e. The number of alkyl halides is 1. The maximum Gasteiger partial charge on any atom is 0.152 e. The van der Waals surface area contributed by atoms with Gasteiger partial charge in [-0.2, -0.15) is 0 Å². The molecule has 3 nitrogen and oxygen atoms in total. The van der Waals surface area contributed by atoms with E-state index in [4.69, 9.17) is 20.9 Å². The predicted molar refractivity (Wildman–Crippen MR) is 58.0 cm³/mol. The molecule has 0 aliphatic carbocycles. The van der Waals surface area contributed by atoms with Crippen LogP contribution in [0.1, 0.15) is 5.76 Å². The molecule has 0 spiro atoms. The Morgan fingerprint density at radius 2 is 2.25 bits per heavy atom. The van der Waals surface area contributed by atoms with Crippen LogP contribution in [0, 0.1) is 5.82 Å². The summed E-state index contributed by atoms with van der Waals surface area (Å²) in [4.78, 5) is 0. The lowest BCUT2D eigenvalue weighted by Crippen LogP contribution is -1.87. The molecule has 2 rings (SSSR count). The minimum Gasteiger partial charge on any atom is -0.497 e. The molecule has 0 unspecified atom stereocenters. The van der Waals surface area contributed by atoms with E-state index in [2.05, 4.69) is 5.16 Å². The number of halogens is 2. The van der Waals surface area contributed by atoms with Gasteiger partial charge in [-0.1, -0.05) is 5.16 Å². The van der Waals surface area contributed by atoms with Crippen molar-refractivity contribution in [3.05, 3.63) is 35.8 Å². The molecular weight excluding hydrogens is 233 g/mol. The monoisotopic (exact) mass is 241 g/mol. The fourth-order valence-electron chi connectivity index (χ4n) is 1.33. The smallest absolute Gasteiger partial charge is 0.152 e. The molecule has 16 heavy (non-hydrogen) atoms. The summed E-state index contributed by atoms with van der Waals surface area (Å²) in [5.41, 5.74) is 0.789. The summed E-state index contributed by atoms with van der Waals surface area (Å²) in [6.07, 6.45) is 0. The Morgan fingerprint density at radius 1 is 1.44 bits per heavy atom. The zero-order chi connectivity index (χ0) is 11.5. The molecule has 0 saturated carbocycles. The Morgan fingerprint density at radius 3 is 2.81 bits per heavy atom. The van der Waals surface area contributed by atoms with Crippen molar-refractivity contribution in [1.82, 2.24) is 5.16 Å². The van der Waals surface area contributed by atoms with Gasteiger partial charge in [-0.15, -0.1) is 11.6 Å². The summed E-state index contributed by atoms with van der Waals surface area (Å²) >= 11 is 5.57. The highest BCUT2D eigenvalue weighted by Crippen LogP contribution is 2.26. The van der Waals surface area contributed by atoms with Crippen LogP contribution in [0.5, 0.6) is 5.75 Å². The van der Waals surface area contributed by atoms with Crippen molar-refractivity contribution in [2.45, 2.75) is 5.88 Å². The van der Waals surface area contributed by atoms with Gasteiger partial charge in [-0.3, -0.25) is 0 Å². The van der Waals surface area contributed by atoms with Crippen molar-refractivity contribution < 1.29 is 13.7 Å². The van der Waals surface area contributed by atoms with Crippen LogP contribution in [0.25, 0.3) is 11.3 Å². The van der Waals surface area contributed by atoms with Crippen LogP contribution < -0.4 is 4.74 Å². The molecule has 0 bridgehead atoms. The molecule has 0 aliphatic heterocycles. The lowest BCUT2D eigenvalue weighted by molar-refractivity contribution is 0.396. The van der Waals surface area contributed by atoms with Gasteiger partial charge in [0.05, 0.1) is 13.0 Å². The molecular formula is C11H9ClFNO2. The summed E-state index contributed by atoms with van der Waals surface area (Å²) in [6.45, 7) is 0. The van der Waals surface area contributed by atoms with Gasteiger partial charge in [0.15, 0.2) is 5.76 Å². The Labute approximate surface area is 96.8 Å². The van der Waals surface area contributed by atoms with E-state index < -0.39 is 5.82 Å². The summed E-state index contributed by atoms with van der Waals surface area (Å²) in [6, 6.07) is 6.15. The molecule has 0 radical (unpaired) electrons. The van der Waals surface area contributed by atoms with Gasteiger partial charge in [0.2, 0.25) is 0 Å². The van der Waals surface area contributed by atoms with Crippen LogP contribution in [0.15, 0.2) is 28.8 Å². The average molecular weight is 242 g/mol. The number of ether oxygens (including phenoxy) is 1. The zero-order valence-electron chi connectivity index (χ0n) is 8.54. The fourth-order valence-corrected chi connectivity index (χ4v) is 1.46. The molecule has 1 aromatic heterocycles. The number of methoxy groups -OCH3 is 1. The second-order valence-corrected chi connectivity index (χ2v) is 3.43. The van der Waals surface area contributed by atoms with Gasteiger partial charge >= 0.3 is 0 Å². The molecule has 0 fully saturated rings. The highest BCUT2D eigenvalue weighted by Gasteiger charge is 2.11. The van der Waals surface area contributed by atoms with Crippen molar-refractivity contribution in [3.8, 4) is 17.0 Å². The second kappa shape index (κ2) is 4.53. The lowest BCUT2D eigenvalue weighted by atomic mass is 10.1. The standard InChI is InChI=1S/C11H9ClFNO2/c1-15-7-2-3-9(10(13)4-7)11-5-8(6-12)16-14-11/h2-5H,6H2,1H3. The SMILES string of the molecule is COc1ccc(-c2cc(CCl)on2)c(F)c1. The number of nitrogens with zero attached hydrogens (tertiary/aromatic N) is 1. The van der Waals surface area contributed by atoms with Crippen molar-refractivity contribution in [3.63, 3.8) is 0 Å². The van der Waals surface area contributed by atoms with E-state index in [0.29, 0.717) is 22.8 Å². The number of benzene rings is 1. The van der Waals surface area contributed by atoms with Crippen LogP contribution >= 0.6 is 11.6 Å². The summed E-state index contributed by atoms with van der Waals surface area (Å²) in [7, 11) is 1.48. The van der Waals surface area contributed by atoms with Gasteiger partial charge in [0.25, 0.3) is 0 Å². The predicted octanol–water partition coefficient (Wildman–Crippen LogP) is 3.23. The first kappa shape index (κ1) is 11.0. The molecule has 84 valence electrons. The van der Waals surface area contributed by atoms with E-state index in [1.807, 2.05) is 0 Å². The quantitative estimate of drug-likeness (QED) is 0.774. The maximum atomic E-state index is 13.6. The van der Waals surface area contributed by atoms with Gasteiger partial charge in [0, 0.05) is 17.7 Å². The van der Waals surface area contributed by atoms with Crippen molar-refractivity contribution in [1.29, 1.82) is 0 Å². The Hall–Kier alpha value is -1.55. The minimum atomic E-state index is -0.409. The second-order valence-electron chi connectivity index (χ2n) is 3.16. The minimum absolute atomic E-state index is 0.213. The number of hydrogen-bond acceptors (Lipinski definition) is 3. The first-order valence-electron chi connectivity index (χ1n) is 4.60. The van der Waals surface area contributed by atoms with Gasteiger partial charge < -0.3 is 9.26 Å². The van der Waals surface area contributed by atoms with Crippen LogP contribution in [0.4, 0.5) is 4.39 Å². The van der Waals surface area contributed by atoms with E-state index in [9.17, 15) is 4.39 Å². The molecule has 0 saturated heterocycles. The van der Waals surface area contributed by atoms with Crippen molar-refractivity contribution in [2.24, 2.45) is 0 Å². The van der Waals surface area contributed by atoms with E-state index in [1.54, 1.807) is 18.2 Å². The van der Waals surface area contributed by atoms with Gasteiger partial charge in [-0.05, 0) is 12.1 Å². The first-order valence-corrected chi connectivity index (χ1v) is 5.13. The van der Waals surface area contributed by atoms with Crippen molar-refractivity contribution in [2.75, 3.05) is 7.11 Å². The first-order chi connectivity index (χ1) is 7.74. The number of rotatable bonds is 3. The number of aromatic nitrogens is 1. The number of hydrogen-bond donors (Lipinski definition) is 0.